The number of aryl methyl sites for hydroxylation is 2. The maximum absolute atomic E-state index is 11.7. The lowest BCUT2D eigenvalue weighted by Gasteiger charge is -2.36. The van der Waals surface area contributed by atoms with Crippen molar-refractivity contribution in [3.63, 3.8) is 0 Å². The number of nitrogens with one attached hydrogen (secondary N) is 1. The average Bonchev–Trinajstić information content (AvgIpc) is 2.74. The Morgan fingerprint density at radius 1 is 1.32 bits per heavy atom. The summed E-state index contributed by atoms with van der Waals surface area (Å²) in [5.41, 5.74) is 0.911. The Bertz CT molecular complexity index is 535. The minimum absolute atomic E-state index is 0.233. The average molecular weight is 302 g/mol. The highest BCUT2D eigenvalue weighted by atomic mass is 32.2. The quantitative estimate of drug-likeness (QED) is 0.924. The van der Waals surface area contributed by atoms with Crippen LogP contribution in [0.1, 0.15) is 42.3 Å². The Morgan fingerprint density at radius 2 is 1.95 bits per heavy atom. The van der Waals surface area contributed by atoms with Gasteiger partial charge in [-0.15, -0.1) is 11.3 Å². The van der Waals surface area contributed by atoms with Crippen molar-refractivity contribution < 1.29 is 8.42 Å². The van der Waals surface area contributed by atoms with Crippen molar-refractivity contribution in [2.24, 2.45) is 0 Å². The predicted molar refractivity (Wildman–Crippen MR) is 79.5 cm³/mol. The minimum atomic E-state index is -2.85. The zero-order valence-electron chi connectivity index (χ0n) is 11.8. The number of rotatable bonds is 4. The molecule has 0 aliphatic carbocycles. The molecule has 0 radical (unpaired) electrons. The van der Waals surface area contributed by atoms with Crippen molar-refractivity contribution in [3.05, 3.63) is 15.6 Å². The molecule has 2 heterocycles. The van der Waals surface area contributed by atoms with Gasteiger partial charge in [-0.2, -0.15) is 0 Å². The molecule has 4 nitrogen and oxygen atoms in total. The predicted octanol–water partition coefficient (Wildman–Crippen LogP) is 2.03. The third-order valence-corrected chi connectivity index (χ3v) is 6.70. The highest BCUT2D eigenvalue weighted by molar-refractivity contribution is 7.91. The van der Waals surface area contributed by atoms with Crippen LogP contribution < -0.4 is 5.32 Å². The lowest BCUT2D eigenvalue weighted by atomic mass is 9.93. The van der Waals surface area contributed by atoms with E-state index in [1.165, 1.54) is 4.88 Å². The highest BCUT2D eigenvalue weighted by Crippen LogP contribution is 2.37. The topological polar surface area (TPSA) is 59.1 Å². The Labute approximate surface area is 119 Å². The molecule has 1 aliphatic rings. The Morgan fingerprint density at radius 3 is 2.42 bits per heavy atom. The van der Waals surface area contributed by atoms with Crippen LogP contribution in [0.15, 0.2) is 0 Å². The molecule has 0 unspecified atom stereocenters. The summed E-state index contributed by atoms with van der Waals surface area (Å²) in [6.07, 6.45) is 2.21. The van der Waals surface area contributed by atoms with Crippen LogP contribution in [0.4, 0.5) is 0 Å². The molecular formula is C13H22N2O2S2. The summed E-state index contributed by atoms with van der Waals surface area (Å²) >= 11 is 1.72. The summed E-state index contributed by atoms with van der Waals surface area (Å²) in [5.74, 6) is 0.528. The zero-order valence-corrected chi connectivity index (χ0v) is 13.5. The van der Waals surface area contributed by atoms with Gasteiger partial charge in [0.25, 0.3) is 0 Å². The summed E-state index contributed by atoms with van der Waals surface area (Å²) in [6.45, 7) is 7.10. The van der Waals surface area contributed by atoms with Crippen LogP contribution in [0.25, 0.3) is 0 Å². The van der Waals surface area contributed by atoms with Crippen molar-refractivity contribution in [1.82, 2.24) is 10.3 Å². The molecule has 2 rings (SSSR count). The molecule has 0 saturated carbocycles. The van der Waals surface area contributed by atoms with Crippen molar-refractivity contribution in [3.8, 4) is 0 Å². The van der Waals surface area contributed by atoms with Gasteiger partial charge in [0.2, 0.25) is 0 Å². The van der Waals surface area contributed by atoms with Gasteiger partial charge in [0.15, 0.2) is 0 Å². The number of hydrogen-bond donors (Lipinski definition) is 1. The molecule has 1 fully saturated rings. The molecule has 0 amide bonds. The van der Waals surface area contributed by atoms with Crippen molar-refractivity contribution in [1.29, 1.82) is 0 Å². The molecule has 0 spiro atoms. The molecule has 19 heavy (non-hydrogen) atoms. The van der Waals surface area contributed by atoms with E-state index in [0.717, 1.165) is 23.7 Å². The summed E-state index contributed by atoms with van der Waals surface area (Å²) in [5, 5.41) is 4.57. The minimum Gasteiger partial charge on any atom is -0.306 e. The van der Waals surface area contributed by atoms with E-state index in [1.807, 2.05) is 0 Å². The first-order valence-corrected chi connectivity index (χ1v) is 9.48. The smallest absolute Gasteiger partial charge is 0.150 e. The van der Waals surface area contributed by atoms with Crippen molar-refractivity contribution in [2.75, 3.05) is 18.1 Å². The van der Waals surface area contributed by atoms with Crippen LogP contribution in [-0.2, 0) is 21.8 Å². The van der Waals surface area contributed by atoms with Gasteiger partial charge in [-0.05, 0) is 32.7 Å². The highest BCUT2D eigenvalue weighted by Gasteiger charge is 2.40. The van der Waals surface area contributed by atoms with E-state index in [0.29, 0.717) is 12.8 Å². The van der Waals surface area contributed by atoms with Gasteiger partial charge in [0.05, 0.1) is 22.7 Å². The summed E-state index contributed by atoms with van der Waals surface area (Å²) < 4.78 is 23.3. The van der Waals surface area contributed by atoms with E-state index in [1.54, 1.807) is 11.3 Å². The van der Waals surface area contributed by atoms with Gasteiger partial charge in [-0.3, -0.25) is 0 Å². The van der Waals surface area contributed by atoms with E-state index in [4.69, 9.17) is 4.98 Å². The second-order valence-electron chi connectivity index (χ2n) is 5.14. The van der Waals surface area contributed by atoms with E-state index in [2.05, 4.69) is 26.1 Å². The second-order valence-corrected chi connectivity index (χ2v) is 8.65. The van der Waals surface area contributed by atoms with Gasteiger partial charge in [0, 0.05) is 4.88 Å². The summed E-state index contributed by atoms with van der Waals surface area (Å²) in [4.78, 5) is 6.00. The maximum Gasteiger partial charge on any atom is 0.150 e. The van der Waals surface area contributed by atoms with Crippen LogP contribution in [-0.4, -0.2) is 31.5 Å². The van der Waals surface area contributed by atoms with E-state index >= 15 is 0 Å². The van der Waals surface area contributed by atoms with Gasteiger partial charge in [0.1, 0.15) is 14.8 Å². The van der Waals surface area contributed by atoms with Gasteiger partial charge in [-0.25, -0.2) is 13.4 Å². The van der Waals surface area contributed by atoms with E-state index < -0.39 is 9.84 Å². The summed E-state index contributed by atoms with van der Waals surface area (Å²) in [7, 11) is -2.85. The fraction of sp³-hybridized carbons (Fsp3) is 0.769. The zero-order chi connectivity index (χ0) is 14.1. The van der Waals surface area contributed by atoms with Crippen LogP contribution >= 0.6 is 11.3 Å². The first kappa shape index (κ1) is 14.9. The van der Waals surface area contributed by atoms with Gasteiger partial charge >= 0.3 is 0 Å². The number of sulfone groups is 1. The Balaban J connectivity index is 2.34. The van der Waals surface area contributed by atoms with E-state index in [9.17, 15) is 8.42 Å². The molecule has 1 saturated heterocycles. The Kier molecular flexibility index (Phi) is 4.32. The van der Waals surface area contributed by atoms with Crippen LogP contribution in [0, 0.1) is 6.92 Å². The standard InChI is InChI=1S/C13H22N2O2S2/c1-4-11-10(3)18-12(15-11)13(14-5-2)6-8-19(16,17)9-7-13/h14H,4-9H2,1-3H3. The first-order chi connectivity index (χ1) is 8.92. The largest absolute Gasteiger partial charge is 0.306 e. The Hall–Kier alpha value is -0.460. The van der Waals surface area contributed by atoms with Gasteiger partial charge in [-0.1, -0.05) is 13.8 Å². The van der Waals surface area contributed by atoms with Crippen LogP contribution in [0.3, 0.4) is 0 Å². The molecule has 1 N–H and O–H groups in total. The fourth-order valence-corrected chi connectivity index (χ4v) is 5.40. The molecule has 1 aromatic rings. The molecule has 108 valence electrons. The third kappa shape index (κ3) is 3.01. The summed E-state index contributed by atoms with van der Waals surface area (Å²) in [6, 6.07) is 0. The first-order valence-electron chi connectivity index (χ1n) is 6.84. The molecule has 0 bridgehead atoms. The van der Waals surface area contributed by atoms with Gasteiger partial charge < -0.3 is 5.32 Å². The molecule has 1 aliphatic heterocycles. The molecule has 6 heteroatoms. The molecule has 0 atom stereocenters. The van der Waals surface area contributed by atoms with Crippen molar-refractivity contribution in [2.45, 2.75) is 45.6 Å². The van der Waals surface area contributed by atoms with Crippen LogP contribution in [0.5, 0.6) is 0 Å². The SMILES string of the molecule is CCNC1(c2nc(CC)c(C)s2)CCS(=O)(=O)CC1. The molecule has 1 aromatic heterocycles. The van der Waals surface area contributed by atoms with Crippen molar-refractivity contribution >= 4 is 21.2 Å². The fourth-order valence-electron chi connectivity index (χ4n) is 2.65. The normalized spacial score (nSPS) is 21.4. The number of aromatic nitrogens is 1. The number of hydrogen-bond acceptors (Lipinski definition) is 5. The maximum atomic E-state index is 11.7. The lowest BCUT2D eigenvalue weighted by Crippen LogP contribution is -2.48. The number of nitrogens with zero attached hydrogens (tertiary/aromatic N) is 1. The monoisotopic (exact) mass is 302 g/mol. The third-order valence-electron chi connectivity index (χ3n) is 3.83. The lowest BCUT2D eigenvalue weighted by molar-refractivity contribution is 0.305. The van der Waals surface area contributed by atoms with E-state index in [-0.39, 0.29) is 17.0 Å². The molecular weight excluding hydrogens is 280 g/mol. The molecule has 0 aromatic carbocycles. The second kappa shape index (κ2) is 5.50. The van der Waals surface area contributed by atoms with Crippen LogP contribution in [0.2, 0.25) is 0 Å². The number of thiazole rings is 1.